The van der Waals surface area contributed by atoms with Crippen molar-refractivity contribution in [3.05, 3.63) is 0 Å². The van der Waals surface area contributed by atoms with Crippen molar-refractivity contribution in [2.24, 2.45) is 5.41 Å². The molecule has 0 spiro atoms. The van der Waals surface area contributed by atoms with Gasteiger partial charge in [-0.3, -0.25) is 9.59 Å². The van der Waals surface area contributed by atoms with E-state index < -0.39 is 17.4 Å². The SMILES string of the molecule is CCCC(CC)(C(=O)O)C(=O)OC. The van der Waals surface area contributed by atoms with Gasteiger partial charge in [-0.1, -0.05) is 20.3 Å². The highest BCUT2D eigenvalue weighted by atomic mass is 16.5. The molecule has 1 N–H and O–H groups in total. The second-order valence-electron chi connectivity index (χ2n) is 2.98. The third kappa shape index (κ3) is 2.20. The number of carbonyl (C=O) groups is 2. The van der Waals surface area contributed by atoms with Crippen LogP contribution in [0.5, 0.6) is 0 Å². The van der Waals surface area contributed by atoms with Crippen LogP contribution in [0, 0.1) is 5.41 Å². The summed E-state index contributed by atoms with van der Waals surface area (Å²) in [6, 6.07) is 0. The van der Waals surface area contributed by atoms with Crippen molar-refractivity contribution in [2.45, 2.75) is 33.1 Å². The Kier molecular flexibility index (Phi) is 4.45. The first-order valence-electron chi connectivity index (χ1n) is 4.37. The molecular formula is C9H16O4. The summed E-state index contributed by atoms with van der Waals surface area (Å²) in [5.41, 5.74) is -1.34. The first-order chi connectivity index (χ1) is 6.05. The maximum absolute atomic E-state index is 11.3. The van der Waals surface area contributed by atoms with Gasteiger partial charge in [-0.2, -0.15) is 0 Å². The van der Waals surface area contributed by atoms with E-state index in [9.17, 15) is 9.59 Å². The molecule has 0 aliphatic carbocycles. The van der Waals surface area contributed by atoms with Crippen LogP contribution < -0.4 is 0 Å². The molecule has 1 unspecified atom stereocenters. The highest BCUT2D eigenvalue weighted by molar-refractivity contribution is 5.98. The van der Waals surface area contributed by atoms with Crippen molar-refractivity contribution < 1.29 is 19.4 Å². The van der Waals surface area contributed by atoms with Gasteiger partial charge >= 0.3 is 11.9 Å². The van der Waals surface area contributed by atoms with Gasteiger partial charge in [0.25, 0.3) is 0 Å². The molecule has 0 aromatic carbocycles. The number of hydrogen-bond donors (Lipinski definition) is 1. The average molecular weight is 188 g/mol. The number of rotatable bonds is 5. The van der Waals surface area contributed by atoms with Crippen LogP contribution in [0.25, 0.3) is 0 Å². The molecule has 4 nitrogen and oxygen atoms in total. The van der Waals surface area contributed by atoms with Crippen LogP contribution in [0.2, 0.25) is 0 Å². The van der Waals surface area contributed by atoms with Crippen molar-refractivity contribution in [3.63, 3.8) is 0 Å². The molecule has 0 aliphatic rings. The second kappa shape index (κ2) is 4.84. The summed E-state index contributed by atoms with van der Waals surface area (Å²) in [6.07, 6.45) is 1.24. The number of esters is 1. The maximum Gasteiger partial charge on any atom is 0.323 e. The minimum absolute atomic E-state index is 0.267. The van der Waals surface area contributed by atoms with E-state index in [0.717, 1.165) is 0 Å². The van der Waals surface area contributed by atoms with E-state index in [4.69, 9.17) is 5.11 Å². The van der Waals surface area contributed by atoms with Gasteiger partial charge in [-0.25, -0.2) is 0 Å². The molecule has 0 aromatic rings. The van der Waals surface area contributed by atoms with Crippen LogP contribution in [0.15, 0.2) is 0 Å². The first-order valence-corrected chi connectivity index (χ1v) is 4.37. The van der Waals surface area contributed by atoms with E-state index in [1.165, 1.54) is 7.11 Å². The van der Waals surface area contributed by atoms with Gasteiger partial charge in [-0.05, 0) is 12.8 Å². The Morgan fingerprint density at radius 2 is 1.92 bits per heavy atom. The van der Waals surface area contributed by atoms with Crippen LogP contribution in [-0.2, 0) is 14.3 Å². The molecule has 0 amide bonds. The maximum atomic E-state index is 11.3. The van der Waals surface area contributed by atoms with Crippen LogP contribution in [0.1, 0.15) is 33.1 Å². The summed E-state index contributed by atoms with van der Waals surface area (Å²) in [4.78, 5) is 22.2. The molecule has 0 heterocycles. The highest BCUT2D eigenvalue weighted by Gasteiger charge is 2.44. The number of carbonyl (C=O) groups excluding carboxylic acids is 1. The van der Waals surface area contributed by atoms with Gasteiger partial charge in [0.15, 0.2) is 5.41 Å². The number of hydrogen-bond acceptors (Lipinski definition) is 3. The predicted octanol–water partition coefficient (Wildman–Crippen LogP) is 1.44. The Labute approximate surface area is 77.9 Å². The third-order valence-electron chi connectivity index (χ3n) is 2.27. The van der Waals surface area contributed by atoms with E-state index in [-0.39, 0.29) is 6.42 Å². The van der Waals surface area contributed by atoms with Crippen LogP contribution >= 0.6 is 0 Å². The average Bonchev–Trinajstić information content (AvgIpc) is 2.12. The minimum Gasteiger partial charge on any atom is -0.480 e. The molecule has 0 radical (unpaired) electrons. The molecule has 0 aromatic heterocycles. The highest BCUT2D eigenvalue weighted by Crippen LogP contribution is 2.29. The minimum atomic E-state index is -1.34. The van der Waals surface area contributed by atoms with Gasteiger partial charge in [0, 0.05) is 0 Å². The number of ether oxygens (including phenoxy) is 1. The largest absolute Gasteiger partial charge is 0.480 e. The molecule has 0 bridgehead atoms. The molecule has 0 rings (SSSR count). The second-order valence-corrected chi connectivity index (χ2v) is 2.98. The number of carboxylic acids is 1. The summed E-state index contributed by atoms with van der Waals surface area (Å²) in [6.45, 7) is 3.52. The van der Waals surface area contributed by atoms with Gasteiger partial charge in [0.1, 0.15) is 0 Å². The normalized spacial score (nSPS) is 14.7. The lowest BCUT2D eigenvalue weighted by atomic mass is 9.81. The van der Waals surface area contributed by atoms with Gasteiger partial charge < -0.3 is 9.84 Å². The number of aliphatic carboxylic acids is 1. The quantitative estimate of drug-likeness (QED) is 0.523. The summed E-state index contributed by atoms with van der Waals surface area (Å²) >= 11 is 0. The fourth-order valence-electron chi connectivity index (χ4n) is 1.39. The topological polar surface area (TPSA) is 63.6 Å². The van der Waals surface area contributed by atoms with Crippen molar-refractivity contribution in [1.29, 1.82) is 0 Å². The van der Waals surface area contributed by atoms with Crippen molar-refractivity contribution in [1.82, 2.24) is 0 Å². The fraction of sp³-hybridized carbons (Fsp3) is 0.778. The summed E-state index contributed by atoms with van der Waals surface area (Å²) in [7, 11) is 1.21. The monoisotopic (exact) mass is 188 g/mol. The third-order valence-corrected chi connectivity index (χ3v) is 2.27. The molecule has 0 fully saturated rings. The molecule has 0 saturated heterocycles. The number of methoxy groups -OCH3 is 1. The van der Waals surface area contributed by atoms with Gasteiger partial charge in [-0.15, -0.1) is 0 Å². The summed E-state index contributed by atoms with van der Waals surface area (Å²) in [5.74, 6) is -1.74. The van der Waals surface area contributed by atoms with Gasteiger partial charge in [0.05, 0.1) is 7.11 Å². The first kappa shape index (κ1) is 11.9. The Morgan fingerprint density at radius 3 is 2.15 bits per heavy atom. The zero-order valence-corrected chi connectivity index (χ0v) is 8.29. The van der Waals surface area contributed by atoms with E-state index in [2.05, 4.69) is 4.74 Å². The molecule has 0 saturated carbocycles. The zero-order valence-electron chi connectivity index (χ0n) is 8.29. The predicted molar refractivity (Wildman–Crippen MR) is 47.3 cm³/mol. The Morgan fingerprint density at radius 1 is 1.38 bits per heavy atom. The standard InChI is InChI=1S/C9H16O4/c1-4-6-9(5-2,7(10)11)8(12)13-3/h4-6H2,1-3H3,(H,10,11). The van der Waals surface area contributed by atoms with E-state index in [1.54, 1.807) is 6.92 Å². The van der Waals surface area contributed by atoms with Crippen molar-refractivity contribution in [2.75, 3.05) is 7.11 Å². The Bertz CT molecular complexity index is 200. The molecule has 76 valence electrons. The molecule has 0 aliphatic heterocycles. The number of carboxylic acid groups (broad SMARTS) is 1. The summed E-state index contributed by atoms with van der Waals surface area (Å²) in [5, 5.41) is 8.96. The lowest BCUT2D eigenvalue weighted by Gasteiger charge is -2.24. The lowest BCUT2D eigenvalue weighted by molar-refractivity contribution is -0.167. The zero-order chi connectivity index (χ0) is 10.5. The van der Waals surface area contributed by atoms with Crippen molar-refractivity contribution in [3.8, 4) is 0 Å². The van der Waals surface area contributed by atoms with E-state index in [1.807, 2.05) is 6.92 Å². The lowest BCUT2D eigenvalue weighted by Crippen LogP contribution is -2.39. The van der Waals surface area contributed by atoms with E-state index in [0.29, 0.717) is 12.8 Å². The molecule has 4 heteroatoms. The van der Waals surface area contributed by atoms with Gasteiger partial charge in [0.2, 0.25) is 0 Å². The Balaban J connectivity index is 4.85. The molecule has 1 atom stereocenters. The molecule has 13 heavy (non-hydrogen) atoms. The molecular weight excluding hydrogens is 172 g/mol. The van der Waals surface area contributed by atoms with E-state index >= 15 is 0 Å². The smallest absolute Gasteiger partial charge is 0.323 e. The Hall–Kier alpha value is -1.06. The van der Waals surface area contributed by atoms with Crippen LogP contribution in [0.3, 0.4) is 0 Å². The van der Waals surface area contributed by atoms with Crippen molar-refractivity contribution >= 4 is 11.9 Å². The summed E-state index contributed by atoms with van der Waals surface area (Å²) < 4.78 is 4.50. The fourth-order valence-corrected chi connectivity index (χ4v) is 1.39. The van der Waals surface area contributed by atoms with Crippen LogP contribution in [0.4, 0.5) is 0 Å². The van der Waals surface area contributed by atoms with Crippen LogP contribution in [-0.4, -0.2) is 24.2 Å².